The zero-order chi connectivity index (χ0) is 19.4. The van der Waals surface area contributed by atoms with Crippen molar-refractivity contribution in [2.45, 2.75) is 0 Å². The summed E-state index contributed by atoms with van der Waals surface area (Å²) in [5.41, 5.74) is 3.82. The summed E-state index contributed by atoms with van der Waals surface area (Å²) in [6.07, 6.45) is 3.15. The minimum absolute atomic E-state index is 0.0348. The van der Waals surface area contributed by atoms with Crippen molar-refractivity contribution in [1.29, 1.82) is 0 Å². The van der Waals surface area contributed by atoms with E-state index in [9.17, 15) is 9.59 Å². The number of nitrogens with one attached hydrogen (secondary N) is 1. The normalized spacial score (nSPS) is 15.0. The number of anilines is 1. The number of methoxy groups -OCH3 is 1. The fraction of sp³-hybridized carbons (Fsp3) is 0.100. The molecule has 0 atom stereocenters. The fourth-order valence-electron chi connectivity index (χ4n) is 2.59. The molecule has 1 saturated heterocycles. The molecule has 0 bridgehead atoms. The van der Waals surface area contributed by atoms with Crippen LogP contribution in [0.5, 0.6) is 11.5 Å². The molecule has 1 aliphatic rings. The first-order valence-electron chi connectivity index (χ1n) is 8.08. The number of hydrazine groups is 1. The molecule has 2 aromatic rings. The van der Waals surface area contributed by atoms with E-state index < -0.39 is 11.8 Å². The third-order valence-electron chi connectivity index (χ3n) is 3.81. The maximum Gasteiger partial charge on any atom is 0.282 e. The first kappa shape index (κ1) is 18.7. The van der Waals surface area contributed by atoms with Gasteiger partial charge in [-0.25, -0.2) is 5.01 Å². The van der Waals surface area contributed by atoms with Crippen molar-refractivity contribution >= 4 is 39.5 Å². The summed E-state index contributed by atoms with van der Waals surface area (Å²) in [5.74, 6) is 0.107. The first-order valence-corrected chi connectivity index (χ1v) is 8.88. The number of carbonyl (C=O) groups excluding carboxylic acids is 2. The van der Waals surface area contributed by atoms with Crippen molar-refractivity contribution < 1.29 is 19.1 Å². The van der Waals surface area contributed by atoms with Crippen LogP contribution < -0.4 is 19.9 Å². The van der Waals surface area contributed by atoms with Gasteiger partial charge in [0.1, 0.15) is 12.2 Å². The summed E-state index contributed by atoms with van der Waals surface area (Å²) in [7, 11) is 1.52. The van der Waals surface area contributed by atoms with Gasteiger partial charge < -0.3 is 9.47 Å². The van der Waals surface area contributed by atoms with Crippen molar-refractivity contribution in [3.8, 4) is 11.5 Å². The molecular formula is C20H17BrN2O4. The van der Waals surface area contributed by atoms with Crippen molar-refractivity contribution in [2.75, 3.05) is 18.7 Å². The molecule has 1 fully saturated rings. The van der Waals surface area contributed by atoms with E-state index >= 15 is 0 Å². The average molecular weight is 429 g/mol. The van der Waals surface area contributed by atoms with Gasteiger partial charge in [0.2, 0.25) is 0 Å². The molecule has 0 radical (unpaired) electrons. The van der Waals surface area contributed by atoms with Gasteiger partial charge in [-0.2, -0.15) is 0 Å². The van der Waals surface area contributed by atoms with Gasteiger partial charge in [0.05, 0.1) is 17.3 Å². The molecule has 2 amide bonds. The quantitative estimate of drug-likeness (QED) is 0.434. The van der Waals surface area contributed by atoms with Gasteiger partial charge >= 0.3 is 0 Å². The van der Waals surface area contributed by atoms with Crippen molar-refractivity contribution in [3.63, 3.8) is 0 Å². The molecule has 1 heterocycles. The number of nitrogens with zero attached hydrogens (tertiary/aromatic N) is 1. The van der Waals surface area contributed by atoms with E-state index in [0.717, 1.165) is 0 Å². The summed E-state index contributed by atoms with van der Waals surface area (Å²) in [6, 6.07) is 12.4. The molecule has 7 heteroatoms. The Morgan fingerprint density at radius 1 is 1.22 bits per heavy atom. The van der Waals surface area contributed by atoms with Crippen LogP contribution in [0.2, 0.25) is 0 Å². The zero-order valence-electron chi connectivity index (χ0n) is 14.6. The Labute approximate surface area is 165 Å². The number of rotatable bonds is 6. The Bertz CT molecular complexity index is 925. The predicted molar refractivity (Wildman–Crippen MR) is 106 cm³/mol. The molecule has 6 nitrogen and oxygen atoms in total. The van der Waals surface area contributed by atoms with E-state index in [2.05, 4.69) is 27.9 Å². The standard InChI is InChI=1S/C20H17BrN2O4/c1-3-9-27-18-16(21)11-13(12-17(18)26-2)10-15-19(24)22-23(20(15)25)14-7-5-4-6-8-14/h3-8,10-12H,1,9H2,2H3,(H,22,24)/b15-10-. The Kier molecular flexibility index (Phi) is 5.61. The van der Waals surface area contributed by atoms with Gasteiger partial charge in [-0.1, -0.05) is 30.9 Å². The van der Waals surface area contributed by atoms with Gasteiger partial charge in [-0.15, -0.1) is 0 Å². The Balaban J connectivity index is 1.94. The monoisotopic (exact) mass is 428 g/mol. The van der Waals surface area contributed by atoms with Crippen LogP contribution in [0.25, 0.3) is 6.08 Å². The van der Waals surface area contributed by atoms with E-state index in [1.807, 2.05) is 6.07 Å². The minimum atomic E-state index is -0.467. The Morgan fingerprint density at radius 3 is 2.63 bits per heavy atom. The SMILES string of the molecule is C=CCOc1c(Br)cc(/C=C2/C(=O)NN(c3ccccc3)C2=O)cc1OC. The second-order valence-corrected chi connectivity index (χ2v) is 6.46. The summed E-state index contributed by atoms with van der Waals surface area (Å²) < 4.78 is 11.6. The number of carbonyl (C=O) groups is 2. The molecular weight excluding hydrogens is 412 g/mol. The fourth-order valence-corrected chi connectivity index (χ4v) is 3.16. The third kappa shape index (κ3) is 3.88. The third-order valence-corrected chi connectivity index (χ3v) is 4.40. The Morgan fingerprint density at radius 2 is 1.96 bits per heavy atom. The van der Waals surface area contributed by atoms with Crippen LogP contribution in [-0.4, -0.2) is 25.5 Å². The molecule has 1 N–H and O–H groups in total. The van der Waals surface area contributed by atoms with E-state index in [1.165, 1.54) is 18.2 Å². The highest BCUT2D eigenvalue weighted by molar-refractivity contribution is 9.10. The summed E-state index contributed by atoms with van der Waals surface area (Å²) in [4.78, 5) is 25.0. The topological polar surface area (TPSA) is 67.9 Å². The highest BCUT2D eigenvalue weighted by Gasteiger charge is 2.34. The van der Waals surface area contributed by atoms with Crippen molar-refractivity contribution in [2.24, 2.45) is 0 Å². The maximum atomic E-state index is 12.7. The number of ether oxygens (including phenoxy) is 2. The maximum absolute atomic E-state index is 12.7. The van der Waals surface area contributed by atoms with E-state index in [0.29, 0.717) is 33.8 Å². The lowest BCUT2D eigenvalue weighted by Crippen LogP contribution is -2.35. The molecule has 0 spiro atoms. The lowest BCUT2D eigenvalue weighted by Gasteiger charge is -2.14. The highest BCUT2D eigenvalue weighted by Crippen LogP contribution is 2.37. The minimum Gasteiger partial charge on any atom is -0.493 e. The number of halogens is 1. The van der Waals surface area contributed by atoms with Crippen LogP contribution in [0.15, 0.2) is 65.2 Å². The van der Waals surface area contributed by atoms with Crippen LogP contribution in [0.3, 0.4) is 0 Å². The number of amides is 2. The van der Waals surface area contributed by atoms with E-state index in [1.54, 1.807) is 42.5 Å². The average Bonchev–Trinajstić information content (AvgIpc) is 2.95. The second kappa shape index (κ2) is 8.09. The largest absolute Gasteiger partial charge is 0.493 e. The summed E-state index contributed by atoms with van der Waals surface area (Å²) in [6.45, 7) is 3.94. The lowest BCUT2D eigenvalue weighted by molar-refractivity contribution is -0.117. The molecule has 1 aliphatic heterocycles. The lowest BCUT2D eigenvalue weighted by atomic mass is 10.1. The zero-order valence-corrected chi connectivity index (χ0v) is 16.2. The molecule has 27 heavy (non-hydrogen) atoms. The number of hydrogen-bond donors (Lipinski definition) is 1. The second-order valence-electron chi connectivity index (χ2n) is 5.61. The first-order chi connectivity index (χ1) is 13.0. The molecule has 0 aromatic heterocycles. The number of para-hydroxylation sites is 1. The molecule has 0 aliphatic carbocycles. The molecule has 2 aromatic carbocycles. The molecule has 138 valence electrons. The van der Waals surface area contributed by atoms with Gasteiger partial charge in [-0.05, 0) is 51.8 Å². The van der Waals surface area contributed by atoms with Crippen molar-refractivity contribution in [1.82, 2.24) is 5.43 Å². The van der Waals surface area contributed by atoms with Gasteiger partial charge in [0, 0.05) is 0 Å². The predicted octanol–water partition coefficient (Wildman–Crippen LogP) is 3.48. The summed E-state index contributed by atoms with van der Waals surface area (Å²) in [5, 5.41) is 1.22. The van der Waals surface area contributed by atoms with Gasteiger partial charge in [0.25, 0.3) is 11.8 Å². The van der Waals surface area contributed by atoms with Crippen LogP contribution in [0.1, 0.15) is 5.56 Å². The van der Waals surface area contributed by atoms with Crippen LogP contribution >= 0.6 is 15.9 Å². The van der Waals surface area contributed by atoms with E-state index in [4.69, 9.17) is 9.47 Å². The van der Waals surface area contributed by atoms with E-state index in [-0.39, 0.29) is 5.57 Å². The highest BCUT2D eigenvalue weighted by atomic mass is 79.9. The molecule has 0 unspecified atom stereocenters. The molecule has 0 saturated carbocycles. The Hall–Kier alpha value is -3.06. The summed E-state index contributed by atoms with van der Waals surface area (Å²) >= 11 is 3.43. The van der Waals surface area contributed by atoms with Crippen LogP contribution in [0, 0.1) is 0 Å². The van der Waals surface area contributed by atoms with Gasteiger partial charge in [-0.3, -0.25) is 15.0 Å². The smallest absolute Gasteiger partial charge is 0.282 e. The number of benzene rings is 2. The van der Waals surface area contributed by atoms with Crippen LogP contribution in [-0.2, 0) is 9.59 Å². The van der Waals surface area contributed by atoms with Crippen molar-refractivity contribution in [3.05, 3.63) is 70.7 Å². The van der Waals surface area contributed by atoms with Gasteiger partial charge in [0.15, 0.2) is 11.5 Å². The number of hydrogen-bond acceptors (Lipinski definition) is 4. The van der Waals surface area contributed by atoms with Crippen LogP contribution in [0.4, 0.5) is 5.69 Å². The molecule has 3 rings (SSSR count).